The van der Waals surface area contributed by atoms with Crippen LogP contribution in [0.4, 0.5) is 0 Å². The highest BCUT2D eigenvalue weighted by Gasteiger charge is 2.41. The van der Waals surface area contributed by atoms with Crippen molar-refractivity contribution in [1.82, 2.24) is 14.2 Å². The minimum atomic E-state index is -3.54. The van der Waals surface area contributed by atoms with Gasteiger partial charge in [-0.2, -0.15) is 4.31 Å². The average molecular weight is 442 g/mol. The lowest BCUT2D eigenvalue weighted by atomic mass is 9.95. The molecule has 31 heavy (non-hydrogen) atoms. The quantitative estimate of drug-likeness (QED) is 0.683. The molecule has 1 aliphatic heterocycles. The fourth-order valence-electron chi connectivity index (χ4n) is 4.38. The lowest BCUT2D eigenvalue weighted by Crippen LogP contribution is -2.45. The Morgan fingerprint density at radius 3 is 2.35 bits per heavy atom. The molecule has 0 spiro atoms. The molecule has 1 saturated carbocycles. The second-order valence-electron chi connectivity index (χ2n) is 8.83. The van der Waals surface area contributed by atoms with E-state index in [9.17, 15) is 13.2 Å². The molecule has 2 heterocycles. The van der Waals surface area contributed by atoms with Crippen LogP contribution in [0.3, 0.4) is 0 Å². The molecule has 1 aromatic heterocycles. The summed E-state index contributed by atoms with van der Waals surface area (Å²) in [6.45, 7) is 6.69. The number of nitrogens with zero attached hydrogens (tertiary/aromatic N) is 3. The van der Waals surface area contributed by atoms with Crippen molar-refractivity contribution in [3.63, 3.8) is 0 Å². The highest BCUT2D eigenvalue weighted by Crippen LogP contribution is 2.37. The molecular formula is C24H31N3O3S. The molecule has 1 unspecified atom stereocenters. The second kappa shape index (κ2) is 8.71. The number of amides is 1. The van der Waals surface area contributed by atoms with Gasteiger partial charge >= 0.3 is 0 Å². The molecule has 2 aromatic rings. The van der Waals surface area contributed by atoms with Crippen molar-refractivity contribution in [2.45, 2.75) is 63.4 Å². The Kier molecular flexibility index (Phi) is 6.17. The van der Waals surface area contributed by atoms with Gasteiger partial charge in [0.2, 0.25) is 15.9 Å². The van der Waals surface area contributed by atoms with E-state index in [0.29, 0.717) is 30.8 Å². The molecule has 4 rings (SSSR count). The Balaban J connectivity index is 1.45. The monoisotopic (exact) mass is 441 g/mol. The van der Waals surface area contributed by atoms with Crippen molar-refractivity contribution in [3.8, 4) is 0 Å². The predicted molar refractivity (Wildman–Crippen MR) is 120 cm³/mol. The Hall–Kier alpha value is -2.25. The standard InChI is InChI=1S/C24H31N3O3S/c1-17-7-10-22(16-18(17)2)31(29,30)26-14-11-20(12-15-26)24(28)27(21-8-9-21)19(3)23-6-4-5-13-25-23/h4-7,10,13,16,19-21H,8-9,11-12,14-15H2,1-3H3. The van der Waals surface area contributed by atoms with E-state index < -0.39 is 10.0 Å². The summed E-state index contributed by atoms with van der Waals surface area (Å²) in [7, 11) is -3.54. The maximum Gasteiger partial charge on any atom is 0.243 e. The number of carbonyl (C=O) groups is 1. The van der Waals surface area contributed by atoms with E-state index in [1.807, 2.05) is 49.9 Å². The summed E-state index contributed by atoms with van der Waals surface area (Å²) in [5, 5.41) is 0. The molecule has 1 atom stereocenters. The van der Waals surface area contributed by atoms with Crippen molar-refractivity contribution < 1.29 is 13.2 Å². The van der Waals surface area contributed by atoms with Crippen molar-refractivity contribution in [1.29, 1.82) is 0 Å². The summed E-state index contributed by atoms with van der Waals surface area (Å²) in [6.07, 6.45) is 4.94. The van der Waals surface area contributed by atoms with Crippen molar-refractivity contribution in [2.75, 3.05) is 13.1 Å². The number of aromatic nitrogens is 1. The number of benzene rings is 1. The van der Waals surface area contributed by atoms with Crippen LogP contribution in [0.25, 0.3) is 0 Å². The minimum absolute atomic E-state index is 0.0708. The normalized spacial score (nSPS) is 19.2. The molecule has 1 aromatic carbocycles. The maximum atomic E-state index is 13.4. The smallest absolute Gasteiger partial charge is 0.243 e. The molecule has 0 bridgehead atoms. The summed E-state index contributed by atoms with van der Waals surface area (Å²) >= 11 is 0. The number of sulfonamides is 1. The molecule has 1 amide bonds. The van der Waals surface area contributed by atoms with Gasteiger partial charge in [0, 0.05) is 31.2 Å². The number of piperidine rings is 1. The molecule has 166 valence electrons. The topological polar surface area (TPSA) is 70.6 Å². The Morgan fingerprint density at radius 1 is 1.06 bits per heavy atom. The molecule has 0 radical (unpaired) electrons. The zero-order valence-electron chi connectivity index (χ0n) is 18.5. The van der Waals surface area contributed by atoms with Gasteiger partial charge in [0.05, 0.1) is 16.6 Å². The second-order valence-corrected chi connectivity index (χ2v) is 10.8. The summed E-state index contributed by atoms with van der Waals surface area (Å²) in [6, 6.07) is 11.3. The van der Waals surface area contributed by atoms with Gasteiger partial charge in [-0.15, -0.1) is 0 Å². The average Bonchev–Trinajstić information content (AvgIpc) is 3.61. The molecule has 1 aliphatic carbocycles. The van der Waals surface area contributed by atoms with E-state index in [4.69, 9.17) is 0 Å². The molecule has 6 nitrogen and oxygen atoms in total. The van der Waals surface area contributed by atoms with Crippen molar-refractivity contribution in [3.05, 3.63) is 59.4 Å². The van der Waals surface area contributed by atoms with Gasteiger partial charge in [0.25, 0.3) is 0 Å². The number of hydrogen-bond acceptors (Lipinski definition) is 4. The van der Waals surface area contributed by atoms with Crippen molar-refractivity contribution >= 4 is 15.9 Å². The molecule has 2 aliphatic rings. The lowest BCUT2D eigenvalue weighted by molar-refractivity contribution is -0.139. The van der Waals surface area contributed by atoms with E-state index in [1.54, 1.807) is 18.3 Å². The van der Waals surface area contributed by atoms with Gasteiger partial charge in [-0.1, -0.05) is 12.1 Å². The van der Waals surface area contributed by atoms with Crippen LogP contribution in [0.1, 0.15) is 55.5 Å². The molecule has 2 fully saturated rings. The minimum Gasteiger partial charge on any atom is -0.331 e. The van der Waals surface area contributed by atoms with Gasteiger partial charge in [0.15, 0.2) is 0 Å². The maximum absolute atomic E-state index is 13.4. The predicted octanol–water partition coefficient (Wildman–Crippen LogP) is 3.85. The van der Waals surface area contributed by atoms with Gasteiger partial charge in [0.1, 0.15) is 0 Å². The lowest BCUT2D eigenvalue weighted by Gasteiger charge is -2.36. The van der Waals surface area contributed by atoms with Crippen LogP contribution in [0, 0.1) is 19.8 Å². The van der Waals surface area contributed by atoms with E-state index >= 15 is 0 Å². The first-order valence-electron chi connectivity index (χ1n) is 11.1. The van der Waals surface area contributed by atoms with Crippen LogP contribution >= 0.6 is 0 Å². The number of pyridine rings is 1. The zero-order chi connectivity index (χ0) is 22.2. The third-order valence-electron chi connectivity index (χ3n) is 6.65. The van der Waals surface area contributed by atoms with Crippen LogP contribution in [-0.2, 0) is 14.8 Å². The van der Waals surface area contributed by atoms with Gasteiger partial charge in [-0.3, -0.25) is 9.78 Å². The highest BCUT2D eigenvalue weighted by atomic mass is 32.2. The molecular weight excluding hydrogens is 410 g/mol. The zero-order valence-corrected chi connectivity index (χ0v) is 19.3. The van der Waals surface area contributed by atoms with Crippen LogP contribution in [0.15, 0.2) is 47.5 Å². The fraction of sp³-hybridized carbons (Fsp3) is 0.500. The van der Waals surface area contributed by atoms with Gasteiger partial charge in [-0.25, -0.2) is 8.42 Å². The third kappa shape index (κ3) is 4.53. The number of carbonyl (C=O) groups excluding carboxylic acids is 1. The highest BCUT2D eigenvalue weighted by molar-refractivity contribution is 7.89. The SMILES string of the molecule is Cc1ccc(S(=O)(=O)N2CCC(C(=O)N(C3CC3)C(C)c3ccccn3)CC2)cc1C. The summed E-state index contributed by atoms with van der Waals surface area (Å²) in [5.74, 6) is 0.00171. The fourth-order valence-corrected chi connectivity index (χ4v) is 5.94. The van der Waals surface area contributed by atoms with Crippen LogP contribution < -0.4 is 0 Å². The Morgan fingerprint density at radius 2 is 1.77 bits per heavy atom. The first kappa shape index (κ1) is 22.0. The number of rotatable bonds is 6. The van der Waals surface area contributed by atoms with Gasteiger partial charge in [-0.05, 0) is 81.8 Å². The third-order valence-corrected chi connectivity index (χ3v) is 8.54. The van der Waals surface area contributed by atoms with Crippen molar-refractivity contribution in [2.24, 2.45) is 5.92 Å². The molecule has 0 N–H and O–H groups in total. The van der Waals surface area contributed by atoms with Gasteiger partial charge < -0.3 is 4.90 Å². The Labute approximate surface area is 185 Å². The van der Waals surface area contributed by atoms with Crippen LogP contribution in [0.5, 0.6) is 0 Å². The van der Waals surface area contributed by atoms with E-state index in [0.717, 1.165) is 29.7 Å². The number of hydrogen-bond donors (Lipinski definition) is 0. The summed E-state index contributed by atoms with van der Waals surface area (Å²) in [5.41, 5.74) is 2.94. The summed E-state index contributed by atoms with van der Waals surface area (Å²) in [4.78, 5) is 20.2. The first-order chi connectivity index (χ1) is 14.8. The molecule has 1 saturated heterocycles. The number of aryl methyl sites for hydroxylation is 2. The van der Waals surface area contributed by atoms with Crippen LogP contribution in [-0.4, -0.2) is 47.6 Å². The van der Waals surface area contributed by atoms with E-state index in [2.05, 4.69) is 4.98 Å². The van der Waals surface area contributed by atoms with E-state index in [-0.39, 0.29) is 23.9 Å². The van der Waals surface area contributed by atoms with Crippen LogP contribution in [0.2, 0.25) is 0 Å². The molecule has 7 heteroatoms. The Bertz CT molecular complexity index is 1040. The summed E-state index contributed by atoms with van der Waals surface area (Å²) < 4.78 is 27.7. The van der Waals surface area contributed by atoms with E-state index in [1.165, 1.54) is 4.31 Å². The largest absolute Gasteiger partial charge is 0.331 e. The first-order valence-corrected chi connectivity index (χ1v) is 12.5.